The lowest BCUT2D eigenvalue weighted by molar-refractivity contribution is 0.240. The molecule has 0 saturated carbocycles. The smallest absolute Gasteiger partial charge is 0.0389 e. The van der Waals surface area contributed by atoms with Crippen molar-refractivity contribution in [3.05, 3.63) is 24.3 Å². The highest BCUT2D eigenvalue weighted by molar-refractivity contribution is 5.55. The molecule has 1 unspecified atom stereocenters. The van der Waals surface area contributed by atoms with Crippen LogP contribution in [0.25, 0.3) is 0 Å². The molecule has 1 N–H and O–H groups in total. The van der Waals surface area contributed by atoms with Gasteiger partial charge in [-0.25, -0.2) is 0 Å². The van der Waals surface area contributed by atoms with Crippen LogP contribution >= 0.6 is 0 Å². The Labute approximate surface area is 104 Å². The maximum absolute atomic E-state index is 3.16. The summed E-state index contributed by atoms with van der Waals surface area (Å²) in [6, 6.07) is 9.32. The highest BCUT2D eigenvalue weighted by Crippen LogP contribution is 2.22. The summed E-state index contributed by atoms with van der Waals surface area (Å²) in [5, 5.41) is 3.16. The molecule has 0 spiro atoms. The molecule has 1 atom stereocenters. The Kier molecular flexibility index (Phi) is 3.89. The van der Waals surface area contributed by atoms with E-state index >= 15 is 0 Å². The largest absolute Gasteiger partial charge is 0.388 e. The van der Waals surface area contributed by atoms with Gasteiger partial charge in [-0.05, 0) is 37.7 Å². The van der Waals surface area contributed by atoms with E-state index in [9.17, 15) is 0 Å². The summed E-state index contributed by atoms with van der Waals surface area (Å²) < 4.78 is 0. The molecule has 1 aromatic carbocycles. The van der Waals surface area contributed by atoms with E-state index in [0.29, 0.717) is 6.04 Å². The van der Waals surface area contributed by atoms with Crippen LogP contribution in [0, 0.1) is 0 Å². The highest BCUT2D eigenvalue weighted by atomic mass is 15.3. The van der Waals surface area contributed by atoms with Crippen molar-refractivity contribution in [2.45, 2.75) is 19.9 Å². The minimum absolute atomic E-state index is 0.601. The fourth-order valence-corrected chi connectivity index (χ4v) is 2.52. The zero-order valence-electron chi connectivity index (χ0n) is 11.1. The molecular weight excluding hydrogens is 210 g/mol. The molecule has 0 amide bonds. The van der Waals surface area contributed by atoms with Gasteiger partial charge in [0.1, 0.15) is 0 Å². The first kappa shape index (κ1) is 12.2. The number of hydrogen-bond donors (Lipinski definition) is 1. The Bertz CT molecular complexity index is 347. The maximum atomic E-state index is 3.16. The fourth-order valence-electron chi connectivity index (χ4n) is 2.52. The third kappa shape index (κ3) is 2.72. The Morgan fingerprint density at radius 1 is 1.24 bits per heavy atom. The second kappa shape index (κ2) is 5.41. The number of piperazine rings is 1. The van der Waals surface area contributed by atoms with Crippen LogP contribution in [-0.4, -0.2) is 44.2 Å². The zero-order chi connectivity index (χ0) is 12.3. The highest BCUT2D eigenvalue weighted by Gasteiger charge is 2.22. The summed E-state index contributed by atoms with van der Waals surface area (Å²) in [5.74, 6) is 0. The van der Waals surface area contributed by atoms with Crippen molar-refractivity contribution in [3.8, 4) is 0 Å². The summed E-state index contributed by atoms with van der Waals surface area (Å²) in [6.07, 6.45) is 0. The van der Waals surface area contributed by atoms with Crippen molar-refractivity contribution in [2.75, 3.05) is 43.4 Å². The van der Waals surface area contributed by atoms with Gasteiger partial charge in [0, 0.05) is 44.1 Å². The van der Waals surface area contributed by atoms with Gasteiger partial charge < -0.3 is 10.2 Å². The minimum atomic E-state index is 0.601. The van der Waals surface area contributed by atoms with E-state index in [4.69, 9.17) is 0 Å². The molecule has 0 aliphatic carbocycles. The number of likely N-dealkylation sites (N-methyl/N-ethyl adjacent to an activating group) is 1. The summed E-state index contributed by atoms with van der Waals surface area (Å²) in [5.41, 5.74) is 2.51. The quantitative estimate of drug-likeness (QED) is 0.864. The molecule has 1 saturated heterocycles. The molecule has 17 heavy (non-hydrogen) atoms. The van der Waals surface area contributed by atoms with E-state index in [0.717, 1.165) is 13.1 Å². The van der Waals surface area contributed by atoms with Gasteiger partial charge in [-0.1, -0.05) is 6.92 Å². The van der Waals surface area contributed by atoms with Gasteiger partial charge in [-0.15, -0.1) is 0 Å². The second-order valence-electron chi connectivity index (χ2n) is 4.73. The Hall–Kier alpha value is -1.22. The maximum Gasteiger partial charge on any atom is 0.0389 e. The first-order chi connectivity index (χ1) is 8.24. The van der Waals surface area contributed by atoms with Crippen LogP contribution < -0.4 is 10.2 Å². The molecule has 0 radical (unpaired) electrons. The molecule has 1 fully saturated rings. The second-order valence-corrected chi connectivity index (χ2v) is 4.73. The van der Waals surface area contributed by atoms with Crippen molar-refractivity contribution in [2.24, 2.45) is 0 Å². The number of nitrogens with zero attached hydrogens (tertiary/aromatic N) is 2. The van der Waals surface area contributed by atoms with Crippen LogP contribution in [0.4, 0.5) is 11.4 Å². The SMILES string of the molecule is CCN1CCN(c2ccc(NC)cc2)C(C)C1. The van der Waals surface area contributed by atoms with Crippen molar-refractivity contribution in [1.29, 1.82) is 0 Å². The molecule has 1 heterocycles. The molecule has 1 aliphatic rings. The predicted molar refractivity (Wildman–Crippen MR) is 74.9 cm³/mol. The van der Waals surface area contributed by atoms with Crippen molar-refractivity contribution in [3.63, 3.8) is 0 Å². The van der Waals surface area contributed by atoms with Gasteiger partial charge >= 0.3 is 0 Å². The van der Waals surface area contributed by atoms with Gasteiger partial charge in [-0.2, -0.15) is 0 Å². The monoisotopic (exact) mass is 233 g/mol. The van der Waals surface area contributed by atoms with E-state index in [1.54, 1.807) is 0 Å². The van der Waals surface area contributed by atoms with Crippen LogP contribution in [0.2, 0.25) is 0 Å². The topological polar surface area (TPSA) is 18.5 Å². The zero-order valence-corrected chi connectivity index (χ0v) is 11.1. The van der Waals surface area contributed by atoms with E-state index in [2.05, 4.69) is 53.2 Å². The molecule has 3 heteroatoms. The summed E-state index contributed by atoms with van der Waals surface area (Å²) in [7, 11) is 1.96. The molecule has 0 aromatic heterocycles. The molecular formula is C14H23N3. The average Bonchev–Trinajstić information content (AvgIpc) is 2.39. The van der Waals surface area contributed by atoms with Crippen LogP contribution in [0.1, 0.15) is 13.8 Å². The van der Waals surface area contributed by atoms with Crippen LogP contribution in [-0.2, 0) is 0 Å². The lowest BCUT2D eigenvalue weighted by atomic mass is 10.1. The molecule has 1 aliphatic heterocycles. The standard InChI is InChI=1S/C14H23N3/c1-4-16-9-10-17(12(2)11-16)14-7-5-13(15-3)6-8-14/h5-8,12,15H,4,9-11H2,1-3H3. The number of nitrogens with one attached hydrogen (secondary N) is 1. The Balaban J connectivity index is 2.06. The van der Waals surface area contributed by atoms with E-state index in [-0.39, 0.29) is 0 Å². The van der Waals surface area contributed by atoms with Crippen molar-refractivity contribution < 1.29 is 0 Å². The van der Waals surface area contributed by atoms with Crippen LogP contribution in [0.5, 0.6) is 0 Å². The van der Waals surface area contributed by atoms with Gasteiger partial charge in [-0.3, -0.25) is 4.90 Å². The summed E-state index contributed by atoms with van der Waals surface area (Å²) in [4.78, 5) is 5.02. The molecule has 0 bridgehead atoms. The van der Waals surface area contributed by atoms with Gasteiger partial charge in [0.2, 0.25) is 0 Å². The van der Waals surface area contributed by atoms with Gasteiger partial charge in [0.15, 0.2) is 0 Å². The van der Waals surface area contributed by atoms with Crippen molar-refractivity contribution in [1.82, 2.24) is 4.90 Å². The molecule has 94 valence electrons. The molecule has 2 rings (SSSR count). The Morgan fingerprint density at radius 3 is 2.47 bits per heavy atom. The van der Waals surface area contributed by atoms with Crippen LogP contribution in [0.15, 0.2) is 24.3 Å². The molecule has 3 nitrogen and oxygen atoms in total. The third-order valence-corrected chi connectivity index (χ3v) is 3.65. The molecule has 1 aromatic rings. The number of hydrogen-bond acceptors (Lipinski definition) is 3. The number of rotatable bonds is 3. The summed E-state index contributed by atoms with van der Waals surface area (Å²) in [6.45, 7) is 9.20. The first-order valence-electron chi connectivity index (χ1n) is 6.51. The van der Waals surface area contributed by atoms with Crippen molar-refractivity contribution >= 4 is 11.4 Å². The normalized spacial score (nSPS) is 21.6. The predicted octanol–water partition coefficient (Wildman–Crippen LogP) is 2.26. The lowest BCUT2D eigenvalue weighted by Gasteiger charge is -2.41. The van der Waals surface area contributed by atoms with E-state index in [1.807, 2.05) is 7.05 Å². The van der Waals surface area contributed by atoms with E-state index in [1.165, 1.54) is 24.5 Å². The Morgan fingerprint density at radius 2 is 1.94 bits per heavy atom. The van der Waals surface area contributed by atoms with Crippen LogP contribution in [0.3, 0.4) is 0 Å². The third-order valence-electron chi connectivity index (χ3n) is 3.65. The van der Waals surface area contributed by atoms with Gasteiger partial charge in [0.05, 0.1) is 0 Å². The number of benzene rings is 1. The lowest BCUT2D eigenvalue weighted by Crippen LogP contribution is -2.51. The first-order valence-corrected chi connectivity index (χ1v) is 6.51. The van der Waals surface area contributed by atoms with Gasteiger partial charge in [0.25, 0.3) is 0 Å². The number of anilines is 2. The minimum Gasteiger partial charge on any atom is -0.388 e. The summed E-state index contributed by atoms with van der Waals surface area (Å²) >= 11 is 0. The average molecular weight is 233 g/mol. The van der Waals surface area contributed by atoms with E-state index < -0.39 is 0 Å². The fraction of sp³-hybridized carbons (Fsp3) is 0.571.